The molecule has 0 aliphatic carbocycles. The van der Waals surface area contributed by atoms with Crippen molar-refractivity contribution in [1.82, 2.24) is 14.9 Å². The first kappa shape index (κ1) is 15.5. The van der Waals surface area contributed by atoms with Crippen LogP contribution >= 0.6 is 11.6 Å². The minimum atomic E-state index is -0.135. The van der Waals surface area contributed by atoms with Crippen LogP contribution in [0.1, 0.15) is 45.0 Å². The van der Waals surface area contributed by atoms with Crippen molar-refractivity contribution < 1.29 is 4.74 Å². The van der Waals surface area contributed by atoms with Crippen LogP contribution in [0.5, 0.6) is 5.88 Å². The molecule has 0 spiro atoms. The van der Waals surface area contributed by atoms with Crippen LogP contribution in [0.25, 0.3) is 0 Å². The zero-order valence-electron chi connectivity index (χ0n) is 12.9. The Morgan fingerprint density at radius 1 is 1.20 bits per heavy atom. The number of aromatic nitrogens is 2. The lowest BCUT2D eigenvalue weighted by Gasteiger charge is -2.20. The summed E-state index contributed by atoms with van der Waals surface area (Å²) in [6.45, 7) is 12.1. The van der Waals surface area contributed by atoms with Gasteiger partial charge in [-0.1, -0.05) is 32.4 Å². The number of ether oxygens (including phenoxy) is 1. The zero-order valence-corrected chi connectivity index (χ0v) is 13.6. The second-order valence-corrected chi connectivity index (χ2v) is 6.77. The number of hydrogen-bond donors (Lipinski definition) is 0. The Labute approximate surface area is 126 Å². The third kappa shape index (κ3) is 3.83. The van der Waals surface area contributed by atoms with Gasteiger partial charge < -0.3 is 4.74 Å². The normalized spacial score (nSPS) is 16.6. The molecular weight excluding hydrogens is 274 g/mol. The lowest BCUT2D eigenvalue weighted by Crippen LogP contribution is -2.25. The van der Waals surface area contributed by atoms with Crippen LogP contribution in [0.2, 0.25) is 5.15 Å². The summed E-state index contributed by atoms with van der Waals surface area (Å²) in [5, 5.41) is 0.487. The van der Waals surface area contributed by atoms with E-state index in [9.17, 15) is 0 Å². The smallest absolute Gasteiger partial charge is 0.221 e. The van der Waals surface area contributed by atoms with Crippen molar-refractivity contribution in [3.8, 4) is 5.88 Å². The number of nitrogens with zero attached hydrogens (tertiary/aromatic N) is 3. The van der Waals surface area contributed by atoms with Gasteiger partial charge in [0.05, 0.1) is 0 Å². The van der Waals surface area contributed by atoms with Crippen LogP contribution in [-0.4, -0.2) is 41.1 Å². The Kier molecular flexibility index (Phi) is 4.86. The van der Waals surface area contributed by atoms with Gasteiger partial charge in [0.2, 0.25) is 5.88 Å². The average Bonchev–Trinajstić information content (AvgIpc) is 2.86. The predicted molar refractivity (Wildman–Crippen MR) is 81.6 cm³/mol. The molecular formula is C15H24ClN3O. The fraction of sp³-hybridized carbons (Fsp3) is 0.733. The van der Waals surface area contributed by atoms with Crippen LogP contribution in [0.3, 0.4) is 0 Å². The summed E-state index contributed by atoms with van der Waals surface area (Å²) >= 11 is 6.19. The minimum absolute atomic E-state index is 0.135. The molecule has 5 heteroatoms. The van der Waals surface area contributed by atoms with Gasteiger partial charge in [-0.2, -0.15) is 4.98 Å². The van der Waals surface area contributed by atoms with E-state index in [0.29, 0.717) is 17.6 Å². The predicted octanol–water partition coefficient (Wildman–Crippen LogP) is 3.21. The molecule has 0 amide bonds. The van der Waals surface area contributed by atoms with E-state index in [2.05, 4.69) is 35.6 Å². The lowest BCUT2D eigenvalue weighted by atomic mass is 9.96. The van der Waals surface area contributed by atoms with E-state index in [1.807, 2.05) is 6.92 Å². The number of rotatable bonds is 4. The fourth-order valence-corrected chi connectivity index (χ4v) is 2.38. The molecule has 1 fully saturated rings. The van der Waals surface area contributed by atoms with E-state index in [1.54, 1.807) is 0 Å². The number of likely N-dealkylation sites (tertiary alicyclic amines) is 1. The van der Waals surface area contributed by atoms with Crippen molar-refractivity contribution in [2.75, 3.05) is 26.2 Å². The van der Waals surface area contributed by atoms with Crippen LogP contribution in [0, 0.1) is 6.92 Å². The number of halogens is 1. The third-order valence-corrected chi connectivity index (χ3v) is 3.93. The van der Waals surface area contributed by atoms with Crippen molar-refractivity contribution >= 4 is 11.6 Å². The molecule has 2 rings (SSSR count). The number of hydrogen-bond acceptors (Lipinski definition) is 4. The highest BCUT2D eigenvalue weighted by Crippen LogP contribution is 2.27. The maximum Gasteiger partial charge on any atom is 0.221 e. The SMILES string of the molecule is Cc1c(Cl)nc(C(C)(C)C)nc1OCCN1CCCC1. The molecule has 0 saturated carbocycles. The summed E-state index contributed by atoms with van der Waals surface area (Å²) in [5.41, 5.74) is 0.686. The molecule has 0 radical (unpaired) electrons. The molecule has 1 saturated heterocycles. The molecule has 1 aliphatic rings. The first-order valence-electron chi connectivity index (χ1n) is 7.27. The molecule has 4 nitrogen and oxygen atoms in total. The van der Waals surface area contributed by atoms with E-state index in [1.165, 1.54) is 25.9 Å². The Morgan fingerprint density at radius 2 is 1.85 bits per heavy atom. The van der Waals surface area contributed by atoms with Gasteiger partial charge >= 0.3 is 0 Å². The Balaban J connectivity index is 2.04. The molecule has 1 aliphatic heterocycles. The lowest BCUT2D eigenvalue weighted by molar-refractivity contribution is 0.229. The summed E-state index contributed by atoms with van der Waals surface area (Å²) < 4.78 is 5.84. The highest BCUT2D eigenvalue weighted by Gasteiger charge is 2.21. The zero-order chi connectivity index (χ0) is 14.8. The molecule has 0 N–H and O–H groups in total. The molecule has 20 heavy (non-hydrogen) atoms. The Morgan fingerprint density at radius 3 is 2.45 bits per heavy atom. The molecule has 2 heterocycles. The summed E-state index contributed by atoms with van der Waals surface area (Å²) in [4.78, 5) is 11.3. The van der Waals surface area contributed by atoms with Crippen LogP contribution in [0.4, 0.5) is 0 Å². The quantitative estimate of drug-likeness (QED) is 0.800. The largest absolute Gasteiger partial charge is 0.476 e. The van der Waals surface area contributed by atoms with Gasteiger partial charge in [-0.05, 0) is 32.9 Å². The third-order valence-electron chi connectivity index (χ3n) is 3.56. The van der Waals surface area contributed by atoms with E-state index < -0.39 is 0 Å². The summed E-state index contributed by atoms with van der Waals surface area (Å²) in [6, 6.07) is 0. The van der Waals surface area contributed by atoms with Gasteiger partial charge in [-0.15, -0.1) is 0 Å². The van der Waals surface area contributed by atoms with E-state index in [-0.39, 0.29) is 5.41 Å². The second kappa shape index (κ2) is 6.27. The van der Waals surface area contributed by atoms with Crippen LogP contribution in [0.15, 0.2) is 0 Å². The van der Waals surface area contributed by atoms with Gasteiger partial charge in [0.15, 0.2) is 0 Å². The van der Waals surface area contributed by atoms with Gasteiger partial charge in [0.1, 0.15) is 17.6 Å². The van der Waals surface area contributed by atoms with Crippen molar-refractivity contribution in [2.45, 2.75) is 46.0 Å². The summed E-state index contributed by atoms with van der Waals surface area (Å²) in [6.07, 6.45) is 2.60. The van der Waals surface area contributed by atoms with Gasteiger partial charge in [0.25, 0.3) is 0 Å². The molecule has 0 unspecified atom stereocenters. The van der Waals surface area contributed by atoms with Crippen LogP contribution < -0.4 is 4.74 Å². The summed E-state index contributed by atoms with van der Waals surface area (Å²) in [7, 11) is 0. The molecule has 1 aromatic heterocycles. The first-order valence-corrected chi connectivity index (χ1v) is 7.65. The van der Waals surface area contributed by atoms with Crippen molar-refractivity contribution in [1.29, 1.82) is 0 Å². The first-order chi connectivity index (χ1) is 9.38. The molecule has 0 aromatic carbocycles. The maximum atomic E-state index is 6.19. The monoisotopic (exact) mass is 297 g/mol. The molecule has 0 bridgehead atoms. The second-order valence-electron chi connectivity index (χ2n) is 6.42. The van der Waals surface area contributed by atoms with Crippen molar-refractivity contribution in [2.24, 2.45) is 0 Å². The Bertz CT molecular complexity index is 465. The molecule has 112 valence electrons. The van der Waals surface area contributed by atoms with E-state index >= 15 is 0 Å². The van der Waals surface area contributed by atoms with Crippen LogP contribution in [-0.2, 0) is 5.41 Å². The highest BCUT2D eigenvalue weighted by atomic mass is 35.5. The van der Waals surface area contributed by atoms with Crippen molar-refractivity contribution in [3.63, 3.8) is 0 Å². The van der Waals surface area contributed by atoms with Gasteiger partial charge in [0, 0.05) is 17.5 Å². The molecule has 1 aromatic rings. The van der Waals surface area contributed by atoms with Gasteiger partial charge in [-0.3, -0.25) is 4.90 Å². The highest BCUT2D eigenvalue weighted by molar-refractivity contribution is 6.30. The standard InChI is InChI=1S/C15H24ClN3O/c1-11-12(16)17-14(15(2,3)4)18-13(11)20-10-9-19-7-5-6-8-19/h5-10H2,1-4H3. The van der Waals surface area contributed by atoms with Gasteiger partial charge in [-0.25, -0.2) is 4.98 Å². The maximum absolute atomic E-state index is 6.19. The fourth-order valence-electron chi connectivity index (χ4n) is 2.22. The topological polar surface area (TPSA) is 38.3 Å². The Hall–Kier alpha value is -0.870. The van der Waals surface area contributed by atoms with E-state index in [4.69, 9.17) is 16.3 Å². The van der Waals surface area contributed by atoms with E-state index in [0.717, 1.165) is 17.9 Å². The average molecular weight is 298 g/mol. The molecule has 0 atom stereocenters. The van der Waals surface area contributed by atoms with Crippen molar-refractivity contribution in [3.05, 3.63) is 16.5 Å². The minimum Gasteiger partial charge on any atom is -0.476 e. The summed E-state index contributed by atoms with van der Waals surface area (Å²) in [5.74, 6) is 1.35.